The Morgan fingerprint density at radius 2 is 2.05 bits per heavy atom. The molecular formula is C17H20ClN3. The molecule has 0 amide bonds. The van der Waals surface area contributed by atoms with Crippen molar-refractivity contribution in [2.75, 3.05) is 11.9 Å². The van der Waals surface area contributed by atoms with Crippen molar-refractivity contribution in [3.8, 4) is 0 Å². The number of halogens is 1. The van der Waals surface area contributed by atoms with Crippen molar-refractivity contribution in [3.05, 3.63) is 59.4 Å². The first-order chi connectivity index (χ1) is 10.2. The van der Waals surface area contributed by atoms with Crippen LogP contribution in [0, 0.1) is 0 Å². The van der Waals surface area contributed by atoms with E-state index in [-0.39, 0.29) is 0 Å². The SMILES string of the molecule is CC1CC(Nc2ccc(Cl)nc2)CN1Cc1ccccc1. The number of pyridine rings is 1. The molecule has 1 aliphatic heterocycles. The van der Waals surface area contributed by atoms with E-state index in [9.17, 15) is 0 Å². The summed E-state index contributed by atoms with van der Waals surface area (Å²) >= 11 is 5.82. The molecule has 1 fully saturated rings. The Morgan fingerprint density at radius 3 is 2.76 bits per heavy atom. The molecule has 3 nitrogen and oxygen atoms in total. The van der Waals surface area contributed by atoms with Crippen LogP contribution in [0.25, 0.3) is 0 Å². The molecule has 110 valence electrons. The van der Waals surface area contributed by atoms with Crippen LogP contribution in [0.1, 0.15) is 18.9 Å². The van der Waals surface area contributed by atoms with Crippen LogP contribution >= 0.6 is 11.6 Å². The van der Waals surface area contributed by atoms with Crippen LogP contribution in [0.4, 0.5) is 5.69 Å². The van der Waals surface area contributed by atoms with E-state index >= 15 is 0 Å². The molecule has 0 aliphatic carbocycles. The zero-order valence-electron chi connectivity index (χ0n) is 12.2. The van der Waals surface area contributed by atoms with Crippen molar-refractivity contribution >= 4 is 17.3 Å². The molecule has 2 heterocycles. The van der Waals surface area contributed by atoms with Gasteiger partial charge in [-0.3, -0.25) is 4.90 Å². The summed E-state index contributed by atoms with van der Waals surface area (Å²) in [5.74, 6) is 0. The third-order valence-electron chi connectivity index (χ3n) is 4.03. The quantitative estimate of drug-likeness (QED) is 0.870. The molecule has 1 aromatic heterocycles. The number of hydrogen-bond acceptors (Lipinski definition) is 3. The summed E-state index contributed by atoms with van der Waals surface area (Å²) in [6, 6.07) is 15.5. The summed E-state index contributed by atoms with van der Waals surface area (Å²) in [7, 11) is 0. The van der Waals surface area contributed by atoms with Crippen LogP contribution in [0.3, 0.4) is 0 Å². The highest BCUT2D eigenvalue weighted by Gasteiger charge is 2.28. The number of rotatable bonds is 4. The summed E-state index contributed by atoms with van der Waals surface area (Å²) in [6.07, 6.45) is 2.95. The number of nitrogens with zero attached hydrogens (tertiary/aromatic N) is 2. The lowest BCUT2D eigenvalue weighted by molar-refractivity contribution is 0.259. The molecule has 1 aromatic carbocycles. The van der Waals surface area contributed by atoms with Crippen LogP contribution < -0.4 is 5.32 Å². The van der Waals surface area contributed by atoms with Crippen molar-refractivity contribution < 1.29 is 0 Å². The number of hydrogen-bond donors (Lipinski definition) is 1. The Bertz CT molecular complexity index is 570. The first-order valence-corrected chi connectivity index (χ1v) is 7.74. The molecule has 0 radical (unpaired) electrons. The van der Waals surface area contributed by atoms with Gasteiger partial charge in [-0.15, -0.1) is 0 Å². The predicted octanol–water partition coefficient (Wildman–Crippen LogP) is 3.81. The Labute approximate surface area is 131 Å². The van der Waals surface area contributed by atoms with Gasteiger partial charge in [-0.2, -0.15) is 0 Å². The number of likely N-dealkylation sites (tertiary alicyclic amines) is 1. The number of nitrogens with one attached hydrogen (secondary N) is 1. The highest BCUT2D eigenvalue weighted by Crippen LogP contribution is 2.23. The van der Waals surface area contributed by atoms with Crippen molar-refractivity contribution in [1.82, 2.24) is 9.88 Å². The third-order valence-corrected chi connectivity index (χ3v) is 4.25. The van der Waals surface area contributed by atoms with Gasteiger partial charge in [-0.05, 0) is 31.0 Å². The maximum Gasteiger partial charge on any atom is 0.129 e. The second-order valence-corrected chi connectivity index (χ2v) is 6.10. The number of aromatic nitrogens is 1. The average molecular weight is 302 g/mol. The average Bonchev–Trinajstić information content (AvgIpc) is 2.82. The van der Waals surface area contributed by atoms with Gasteiger partial charge in [0.15, 0.2) is 0 Å². The van der Waals surface area contributed by atoms with E-state index in [0.29, 0.717) is 17.2 Å². The summed E-state index contributed by atoms with van der Waals surface area (Å²) in [6.45, 7) is 4.36. The van der Waals surface area contributed by atoms with Crippen LogP contribution in [-0.2, 0) is 6.54 Å². The Hall–Kier alpha value is -1.58. The summed E-state index contributed by atoms with van der Waals surface area (Å²) in [5.41, 5.74) is 2.41. The molecule has 2 unspecified atom stereocenters. The minimum Gasteiger partial charge on any atom is -0.380 e. The molecule has 0 spiro atoms. The molecule has 3 rings (SSSR count). The van der Waals surface area contributed by atoms with Crippen LogP contribution in [0.15, 0.2) is 48.7 Å². The Morgan fingerprint density at radius 1 is 1.24 bits per heavy atom. The second kappa shape index (κ2) is 6.46. The normalized spacial score (nSPS) is 22.4. The fraction of sp³-hybridized carbons (Fsp3) is 0.353. The van der Waals surface area contributed by atoms with Gasteiger partial charge in [0.25, 0.3) is 0 Å². The van der Waals surface area contributed by atoms with Gasteiger partial charge in [-0.25, -0.2) is 4.98 Å². The standard InChI is InChI=1S/C17H20ClN3/c1-13-9-16(20-15-7-8-17(18)19-10-15)12-21(13)11-14-5-3-2-4-6-14/h2-8,10,13,16,20H,9,11-12H2,1H3. The van der Waals surface area contributed by atoms with E-state index in [2.05, 4.69) is 52.5 Å². The predicted molar refractivity (Wildman–Crippen MR) is 87.6 cm³/mol. The number of benzene rings is 1. The Balaban J connectivity index is 1.59. The summed E-state index contributed by atoms with van der Waals surface area (Å²) in [4.78, 5) is 6.64. The van der Waals surface area contributed by atoms with Crippen molar-refractivity contribution in [3.63, 3.8) is 0 Å². The molecule has 1 aliphatic rings. The van der Waals surface area contributed by atoms with Crippen LogP contribution in [0.2, 0.25) is 5.15 Å². The maximum absolute atomic E-state index is 5.82. The van der Waals surface area contributed by atoms with E-state index in [0.717, 1.165) is 25.2 Å². The van der Waals surface area contributed by atoms with Crippen LogP contribution in [-0.4, -0.2) is 28.5 Å². The van der Waals surface area contributed by atoms with E-state index in [1.54, 1.807) is 6.20 Å². The van der Waals surface area contributed by atoms with Crippen molar-refractivity contribution in [2.24, 2.45) is 0 Å². The van der Waals surface area contributed by atoms with Crippen molar-refractivity contribution in [1.29, 1.82) is 0 Å². The lowest BCUT2D eigenvalue weighted by Crippen LogP contribution is -2.28. The van der Waals surface area contributed by atoms with E-state index in [1.807, 2.05) is 12.1 Å². The molecule has 1 saturated heterocycles. The highest BCUT2D eigenvalue weighted by atomic mass is 35.5. The lowest BCUT2D eigenvalue weighted by Gasteiger charge is -2.21. The smallest absolute Gasteiger partial charge is 0.129 e. The van der Waals surface area contributed by atoms with Gasteiger partial charge in [-0.1, -0.05) is 41.9 Å². The minimum absolute atomic E-state index is 0.465. The van der Waals surface area contributed by atoms with E-state index < -0.39 is 0 Å². The van der Waals surface area contributed by atoms with E-state index in [4.69, 9.17) is 11.6 Å². The molecule has 2 aromatic rings. The van der Waals surface area contributed by atoms with Gasteiger partial charge in [0.2, 0.25) is 0 Å². The van der Waals surface area contributed by atoms with Crippen molar-refractivity contribution in [2.45, 2.75) is 32.0 Å². The molecular weight excluding hydrogens is 282 g/mol. The second-order valence-electron chi connectivity index (χ2n) is 5.71. The molecule has 0 saturated carbocycles. The molecule has 1 N–H and O–H groups in total. The van der Waals surface area contributed by atoms with Gasteiger partial charge in [0.05, 0.1) is 11.9 Å². The zero-order chi connectivity index (χ0) is 14.7. The molecule has 2 atom stereocenters. The fourth-order valence-corrected chi connectivity index (χ4v) is 3.05. The van der Waals surface area contributed by atoms with Gasteiger partial charge in [0.1, 0.15) is 5.15 Å². The summed E-state index contributed by atoms with van der Waals surface area (Å²) < 4.78 is 0. The summed E-state index contributed by atoms with van der Waals surface area (Å²) in [5, 5.41) is 4.08. The van der Waals surface area contributed by atoms with Crippen LogP contribution in [0.5, 0.6) is 0 Å². The van der Waals surface area contributed by atoms with E-state index in [1.165, 1.54) is 5.56 Å². The first-order valence-electron chi connectivity index (χ1n) is 7.37. The molecule has 4 heteroatoms. The monoisotopic (exact) mass is 301 g/mol. The Kier molecular flexibility index (Phi) is 4.42. The molecule has 0 bridgehead atoms. The maximum atomic E-state index is 5.82. The fourth-order valence-electron chi connectivity index (χ4n) is 2.94. The lowest BCUT2D eigenvalue weighted by atomic mass is 10.2. The topological polar surface area (TPSA) is 28.2 Å². The first kappa shape index (κ1) is 14.4. The molecule has 21 heavy (non-hydrogen) atoms. The number of anilines is 1. The third kappa shape index (κ3) is 3.74. The minimum atomic E-state index is 0.465. The van der Waals surface area contributed by atoms with Gasteiger partial charge < -0.3 is 5.32 Å². The zero-order valence-corrected chi connectivity index (χ0v) is 12.9. The highest BCUT2D eigenvalue weighted by molar-refractivity contribution is 6.29. The largest absolute Gasteiger partial charge is 0.380 e. The van der Waals surface area contributed by atoms with Gasteiger partial charge >= 0.3 is 0 Å². The van der Waals surface area contributed by atoms with Gasteiger partial charge in [0, 0.05) is 25.2 Å².